The first-order chi connectivity index (χ1) is 10.3. The smallest absolute Gasteiger partial charge is 0.0581 e. The van der Waals surface area contributed by atoms with Crippen LogP contribution in [-0.4, -0.2) is 6.04 Å². The van der Waals surface area contributed by atoms with E-state index in [2.05, 4.69) is 80.7 Å². The number of aryl methyl sites for hydroxylation is 1. The summed E-state index contributed by atoms with van der Waals surface area (Å²) in [5.74, 6) is 0. The third kappa shape index (κ3) is 4.18. The van der Waals surface area contributed by atoms with Crippen molar-refractivity contribution in [1.29, 1.82) is 0 Å². The third-order valence-electron chi connectivity index (χ3n) is 4.16. The van der Waals surface area contributed by atoms with Crippen molar-refractivity contribution >= 4 is 0 Å². The molecule has 0 aliphatic heterocycles. The summed E-state index contributed by atoms with van der Waals surface area (Å²) in [7, 11) is 0. The van der Waals surface area contributed by atoms with Crippen molar-refractivity contribution in [3.05, 3.63) is 71.3 Å². The number of rotatable bonds is 7. The second-order valence-corrected chi connectivity index (χ2v) is 5.76. The Kier molecular flexibility index (Phi) is 6.01. The van der Waals surface area contributed by atoms with E-state index in [1.807, 2.05) is 0 Å². The molecule has 1 heteroatoms. The Morgan fingerprint density at radius 3 is 2.19 bits per heavy atom. The van der Waals surface area contributed by atoms with Crippen molar-refractivity contribution in [2.75, 3.05) is 0 Å². The van der Waals surface area contributed by atoms with Crippen LogP contribution in [0.5, 0.6) is 0 Å². The molecule has 2 aromatic carbocycles. The van der Waals surface area contributed by atoms with E-state index in [0.29, 0.717) is 6.04 Å². The summed E-state index contributed by atoms with van der Waals surface area (Å²) in [6.45, 7) is 6.73. The summed E-state index contributed by atoms with van der Waals surface area (Å²) in [5, 5.41) is 3.88. The summed E-state index contributed by atoms with van der Waals surface area (Å²) in [4.78, 5) is 0. The molecule has 0 aliphatic rings. The molecule has 2 unspecified atom stereocenters. The van der Waals surface area contributed by atoms with Gasteiger partial charge in [-0.05, 0) is 36.5 Å². The lowest BCUT2D eigenvalue weighted by Gasteiger charge is -2.27. The molecule has 0 amide bonds. The lowest BCUT2D eigenvalue weighted by molar-refractivity contribution is 0.429. The van der Waals surface area contributed by atoms with Gasteiger partial charge in [0.1, 0.15) is 0 Å². The van der Waals surface area contributed by atoms with E-state index in [-0.39, 0.29) is 6.04 Å². The van der Waals surface area contributed by atoms with Gasteiger partial charge in [-0.1, -0.05) is 74.9 Å². The van der Waals surface area contributed by atoms with Crippen LogP contribution in [-0.2, 0) is 0 Å². The van der Waals surface area contributed by atoms with Crippen LogP contribution in [0.3, 0.4) is 0 Å². The van der Waals surface area contributed by atoms with Crippen molar-refractivity contribution in [3.8, 4) is 0 Å². The summed E-state index contributed by atoms with van der Waals surface area (Å²) in [6.07, 6.45) is 3.62. The molecule has 0 bridgehead atoms. The molecule has 0 spiro atoms. The van der Waals surface area contributed by atoms with Crippen molar-refractivity contribution in [2.24, 2.45) is 0 Å². The zero-order valence-corrected chi connectivity index (χ0v) is 13.5. The van der Waals surface area contributed by atoms with Gasteiger partial charge in [0.25, 0.3) is 0 Å². The van der Waals surface area contributed by atoms with E-state index in [1.54, 1.807) is 0 Å². The first-order valence-electron chi connectivity index (χ1n) is 8.12. The largest absolute Gasteiger partial charge is 0.303 e. The van der Waals surface area contributed by atoms with Gasteiger partial charge in [0.05, 0.1) is 6.04 Å². The van der Waals surface area contributed by atoms with Crippen molar-refractivity contribution < 1.29 is 0 Å². The second kappa shape index (κ2) is 7.99. The topological polar surface area (TPSA) is 12.0 Å². The first kappa shape index (κ1) is 15.8. The number of hydrogen-bond donors (Lipinski definition) is 1. The maximum Gasteiger partial charge on any atom is 0.0581 e. The fraction of sp³-hybridized carbons (Fsp3) is 0.400. The van der Waals surface area contributed by atoms with Gasteiger partial charge in [0.15, 0.2) is 0 Å². The monoisotopic (exact) mass is 281 g/mol. The van der Waals surface area contributed by atoms with Crippen LogP contribution in [0.25, 0.3) is 0 Å². The molecular formula is C20H27N. The van der Waals surface area contributed by atoms with E-state index in [1.165, 1.54) is 36.0 Å². The Hall–Kier alpha value is -1.60. The fourth-order valence-electron chi connectivity index (χ4n) is 2.91. The Bertz CT molecular complexity index is 533. The molecule has 0 heterocycles. The molecule has 0 fully saturated rings. The lowest BCUT2D eigenvalue weighted by Crippen LogP contribution is -2.33. The minimum Gasteiger partial charge on any atom is -0.303 e. The highest BCUT2D eigenvalue weighted by Gasteiger charge is 2.18. The Balaban J connectivity index is 2.33. The molecule has 0 aromatic heterocycles. The zero-order valence-electron chi connectivity index (χ0n) is 13.5. The van der Waals surface area contributed by atoms with Crippen molar-refractivity contribution in [3.63, 3.8) is 0 Å². The summed E-state index contributed by atoms with van der Waals surface area (Å²) in [6, 6.07) is 20.3. The van der Waals surface area contributed by atoms with Crippen molar-refractivity contribution in [2.45, 2.75) is 52.1 Å². The van der Waals surface area contributed by atoms with Gasteiger partial charge in [0.2, 0.25) is 0 Å². The van der Waals surface area contributed by atoms with Gasteiger partial charge in [0, 0.05) is 6.04 Å². The first-order valence-corrected chi connectivity index (χ1v) is 8.12. The molecule has 0 radical (unpaired) electrons. The SMILES string of the molecule is CCCC(CC)NC(c1ccccc1)c1ccccc1C. The van der Waals surface area contributed by atoms with E-state index < -0.39 is 0 Å². The summed E-state index contributed by atoms with van der Waals surface area (Å²) in [5.41, 5.74) is 4.09. The lowest BCUT2D eigenvalue weighted by atomic mass is 9.93. The molecule has 2 atom stereocenters. The molecule has 0 aliphatic carbocycles. The van der Waals surface area contributed by atoms with Gasteiger partial charge in [-0.3, -0.25) is 0 Å². The van der Waals surface area contributed by atoms with Gasteiger partial charge in [-0.25, -0.2) is 0 Å². The normalized spacial score (nSPS) is 13.9. The minimum absolute atomic E-state index is 0.281. The summed E-state index contributed by atoms with van der Waals surface area (Å²) >= 11 is 0. The Morgan fingerprint density at radius 2 is 1.57 bits per heavy atom. The predicted molar refractivity (Wildman–Crippen MR) is 91.6 cm³/mol. The van der Waals surface area contributed by atoms with Gasteiger partial charge < -0.3 is 5.32 Å². The molecule has 2 aromatic rings. The van der Waals surface area contributed by atoms with Crippen LogP contribution in [0.4, 0.5) is 0 Å². The second-order valence-electron chi connectivity index (χ2n) is 5.76. The van der Waals surface area contributed by atoms with E-state index in [9.17, 15) is 0 Å². The average Bonchev–Trinajstić information content (AvgIpc) is 2.53. The van der Waals surface area contributed by atoms with Gasteiger partial charge in [-0.2, -0.15) is 0 Å². The zero-order chi connectivity index (χ0) is 15.1. The maximum absolute atomic E-state index is 3.88. The third-order valence-corrected chi connectivity index (χ3v) is 4.16. The summed E-state index contributed by atoms with van der Waals surface area (Å²) < 4.78 is 0. The highest BCUT2D eigenvalue weighted by atomic mass is 14.9. The average molecular weight is 281 g/mol. The van der Waals surface area contributed by atoms with Crippen LogP contribution < -0.4 is 5.32 Å². The van der Waals surface area contributed by atoms with Crippen LogP contribution in [0.1, 0.15) is 55.8 Å². The molecule has 0 saturated heterocycles. The maximum atomic E-state index is 3.88. The van der Waals surface area contributed by atoms with Crippen LogP contribution >= 0.6 is 0 Å². The van der Waals surface area contributed by atoms with Crippen molar-refractivity contribution in [1.82, 2.24) is 5.32 Å². The standard InChI is InChI=1S/C20H27N/c1-4-11-18(5-2)21-20(17-13-7-6-8-14-17)19-15-10-9-12-16(19)3/h6-10,12-15,18,20-21H,4-5,11H2,1-3H3. The highest BCUT2D eigenvalue weighted by Crippen LogP contribution is 2.26. The number of benzene rings is 2. The van der Waals surface area contributed by atoms with Crippen LogP contribution in [0, 0.1) is 6.92 Å². The van der Waals surface area contributed by atoms with E-state index >= 15 is 0 Å². The quantitative estimate of drug-likeness (QED) is 0.730. The fourth-order valence-corrected chi connectivity index (χ4v) is 2.91. The number of hydrogen-bond acceptors (Lipinski definition) is 1. The van der Waals surface area contributed by atoms with Crippen LogP contribution in [0.2, 0.25) is 0 Å². The molecule has 1 N–H and O–H groups in total. The van der Waals surface area contributed by atoms with Gasteiger partial charge >= 0.3 is 0 Å². The Labute approximate surface area is 129 Å². The molecule has 21 heavy (non-hydrogen) atoms. The number of nitrogens with one attached hydrogen (secondary N) is 1. The predicted octanol–water partition coefficient (Wildman–Crippen LogP) is 5.25. The molecular weight excluding hydrogens is 254 g/mol. The minimum atomic E-state index is 0.281. The molecule has 112 valence electrons. The van der Waals surface area contributed by atoms with E-state index in [0.717, 1.165) is 0 Å². The molecule has 0 saturated carbocycles. The Morgan fingerprint density at radius 1 is 0.905 bits per heavy atom. The van der Waals surface area contributed by atoms with Gasteiger partial charge in [-0.15, -0.1) is 0 Å². The van der Waals surface area contributed by atoms with E-state index in [4.69, 9.17) is 0 Å². The highest BCUT2D eigenvalue weighted by molar-refractivity contribution is 5.36. The molecule has 1 nitrogen and oxygen atoms in total. The molecule has 2 rings (SSSR count). The van der Waals surface area contributed by atoms with Crippen LogP contribution in [0.15, 0.2) is 54.6 Å².